The molecule has 0 amide bonds. The van der Waals surface area contributed by atoms with Crippen molar-refractivity contribution < 1.29 is 9.13 Å². The summed E-state index contributed by atoms with van der Waals surface area (Å²) < 4.78 is 18.3. The first-order valence-corrected chi connectivity index (χ1v) is 4.11. The maximum absolute atomic E-state index is 13.6. The Labute approximate surface area is 76.1 Å². The van der Waals surface area contributed by atoms with Crippen LogP contribution in [0.2, 0.25) is 0 Å². The van der Waals surface area contributed by atoms with Gasteiger partial charge in [0, 0.05) is 13.5 Å². The summed E-state index contributed by atoms with van der Waals surface area (Å²) in [5.41, 5.74) is 1.71. The van der Waals surface area contributed by atoms with E-state index in [1.165, 1.54) is 13.3 Å². The molecule has 0 saturated carbocycles. The molecule has 0 N–H and O–H groups in total. The number of halogens is 1. The van der Waals surface area contributed by atoms with Gasteiger partial charge in [-0.3, -0.25) is 4.99 Å². The molecule has 0 fully saturated rings. The van der Waals surface area contributed by atoms with E-state index in [4.69, 9.17) is 4.74 Å². The highest BCUT2D eigenvalue weighted by molar-refractivity contribution is 5.75. The highest BCUT2D eigenvalue weighted by Crippen LogP contribution is 2.29. The standard InChI is InChI=1S/C10H10FNO/c1-13-10(11)6-8-4-2-3-5-9(8)12-7-10/h2-5,7H,6H2,1H3. The Morgan fingerprint density at radius 3 is 3.00 bits per heavy atom. The highest BCUT2D eigenvalue weighted by Gasteiger charge is 2.31. The van der Waals surface area contributed by atoms with Crippen LogP contribution in [0.1, 0.15) is 5.56 Å². The van der Waals surface area contributed by atoms with Crippen LogP contribution in [-0.2, 0) is 11.2 Å². The number of hydrogen-bond donors (Lipinski definition) is 0. The third-order valence-electron chi connectivity index (χ3n) is 2.16. The Bertz CT molecular complexity index is 351. The number of methoxy groups -OCH3 is 1. The number of hydrogen-bond acceptors (Lipinski definition) is 2. The second kappa shape index (κ2) is 2.92. The first-order chi connectivity index (χ1) is 6.23. The number of aliphatic imine (C=N–C) groups is 1. The molecule has 0 aliphatic carbocycles. The maximum Gasteiger partial charge on any atom is 0.249 e. The van der Waals surface area contributed by atoms with E-state index in [0.717, 1.165) is 11.3 Å². The van der Waals surface area contributed by atoms with E-state index < -0.39 is 5.85 Å². The Balaban J connectivity index is 2.39. The van der Waals surface area contributed by atoms with Gasteiger partial charge >= 0.3 is 0 Å². The summed E-state index contributed by atoms with van der Waals surface area (Å²) >= 11 is 0. The Morgan fingerprint density at radius 2 is 2.23 bits per heavy atom. The lowest BCUT2D eigenvalue weighted by Crippen LogP contribution is -2.32. The van der Waals surface area contributed by atoms with Gasteiger partial charge in [0.25, 0.3) is 0 Å². The van der Waals surface area contributed by atoms with Gasteiger partial charge in [0.2, 0.25) is 5.85 Å². The molecular formula is C10H10FNO. The van der Waals surface area contributed by atoms with Crippen molar-refractivity contribution in [1.82, 2.24) is 0 Å². The molecule has 3 heteroatoms. The number of fused-ring (bicyclic) bond motifs is 1. The van der Waals surface area contributed by atoms with Crippen LogP contribution >= 0.6 is 0 Å². The monoisotopic (exact) mass is 179 g/mol. The lowest BCUT2D eigenvalue weighted by Gasteiger charge is -2.23. The smallest absolute Gasteiger partial charge is 0.249 e. The van der Waals surface area contributed by atoms with Gasteiger partial charge in [0.05, 0.1) is 11.9 Å². The fourth-order valence-corrected chi connectivity index (χ4v) is 1.38. The number of nitrogens with zero attached hydrogens (tertiary/aromatic N) is 1. The molecule has 13 heavy (non-hydrogen) atoms. The van der Waals surface area contributed by atoms with Crippen LogP contribution in [-0.4, -0.2) is 19.2 Å². The summed E-state index contributed by atoms with van der Waals surface area (Å²) in [4.78, 5) is 3.99. The van der Waals surface area contributed by atoms with Crippen molar-refractivity contribution >= 4 is 11.9 Å². The first-order valence-electron chi connectivity index (χ1n) is 4.11. The quantitative estimate of drug-likeness (QED) is 0.648. The third kappa shape index (κ3) is 1.47. The number of benzene rings is 1. The van der Waals surface area contributed by atoms with Gasteiger partial charge in [-0.1, -0.05) is 18.2 Å². The van der Waals surface area contributed by atoms with Gasteiger partial charge in [0.15, 0.2) is 0 Å². The van der Waals surface area contributed by atoms with Gasteiger partial charge in [0.1, 0.15) is 0 Å². The van der Waals surface area contributed by atoms with Crippen molar-refractivity contribution in [3.8, 4) is 0 Å². The summed E-state index contributed by atoms with van der Waals surface area (Å²) in [5, 5.41) is 0. The Kier molecular flexibility index (Phi) is 1.88. The van der Waals surface area contributed by atoms with Crippen LogP contribution in [0, 0.1) is 0 Å². The lowest BCUT2D eigenvalue weighted by atomic mass is 10.0. The predicted octanol–water partition coefficient (Wildman–Crippen LogP) is 2.26. The first kappa shape index (κ1) is 8.38. The van der Waals surface area contributed by atoms with Crippen LogP contribution < -0.4 is 0 Å². The van der Waals surface area contributed by atoms with E-state index in [1.54, 1.807) is 0 Å². The number of rotatable bonds is 1. The highest BCUT2D eigenvalue weighted by atomic mass is 19.2. The van der Waals surface area contributed by atoms with Crippen molar-refractivity contribution in [2.45, 2.75) is 12.3 Å². The average molecular weight is 179 g/mol. The molecule has 2 rings (SSSR count). The molecule has 0 saturated heterocycles. The van der Waals surface area contributed by atoms with E-state index in [2.05, 4.69) is 4.99 Å². The minimum absolute atomic E-state index is 0.239. The fraction of sp³-hybridized carbons (Fsp3) is 0.300. The Morgan fingerprint density at radius 1 is 1.46 bits per heavy atom. The van der Waals surface area contributed by atoms with Gasteiger partial charge in [-0.15, -0.1) is 0 Å². The number of alkyl halides is 1. The number of para-hydroxylation sites is 1. The molecule has 1 aliphatic rings. The molecule has 0 spiro atoms. The SMILES string of the molecule is COC1(F)C=Nc2ccccc2C1. The molecule has 0 bridgehead atoms. The zero-order valence-corrected chi connectivity index (χ0v) is 7.33. The van der Waals surface area contributed by atoms with Crippen LogP contribution in [0.15, 0.2) is 29.3 Å². The Hall–Kier alpha value is -1.22. The summed E-state index contributed by atoms with van der Waals surface area (Å²) in [6.07, 6.45) is 1.46. The molecule has 0 aromatic heterocycles. The second-order valence-corrected chi connectivity index (χ2v) is 3.05. The van der Waals surface area contributed by atoms with Crippen molar-refractivity contribution in [3.63, 3.8) is 0 Å². The van der Waals surface area contributed by atoms with Crippen LogP contribution in [0.5, 0.6) is 0 Å². The molecular weight excluding hydrogens is 169 g/mol. The molecule has 68 valence electrons. The van der Waals surface area contributed by atoms with E-state index in [1.807, 2.05) is 24.3 Å². The van der Waals surface area contributed by atoms with Crippen LogP contribution in [0.25, 0.3) is 0 Å². The largest absolute Gasteiger partial charge is 0.345 e. The average Bonchev–Trinajstić information content (AvgIpc) is 2.18. The number of ether oxygens (including phenoxy) is 1. The second-order valence-electron chi connectivity index (χ2n) is 3.05. The minimum Gasteiger partial charge on any atom is -0.345 e. The third-order valence-corrected chi connectivity index (χ3v) is 2.16. The molecule has 2 nitrogen and oxygen atoms in total. The normalized spacial score (nSPS) is 25.7. The molecule has 0 radical (unpaired) electrons. The zero-order chi connectivity index (χ0) is 9.31. The summed E-state index contributed by atoms with van der Waals surface area (Å²) in [6, 6.07) is 7.48. The molecule has 1 aliphatic heterocycles. The van der Waals surface area contributed by atoms with Gasteiger partial charge in [-0.2, -0.15) is 0 Å². The minimum atomic E-state index is -1.73. The van der Waals surface area contributed by atoms with Crippen molar-refractivity contribution in [2.24, 2.45) is 4.99 Å². The maximum atomic E-state index is 13.6. The molecule has 1 aromatic rings. The van der Waals surface area contributed by atoms with Crippen LogP contribution in [0.3, 0.4) is 0 Å². The van der Waals surface area contributed by atoms with E-state index in [0.29, 0.717) is 0 Å². The van der Waals surface area contributed by atoms with E-state index in [-0.39, 0.29) is 6.42 Å². The molecule has 1 atom stereocenters. The van der Waals surface area contributed by atoms with Crippen molar-refractivity contribution in [2.75, 3.05) is 7.11 Å². The van der Waals surface area contributed by atoms with Crippen molar-refractivity contribution in [3.05, 3.63) is 29.8 Å². The van der Waals surface area contributed by atoms with Crippen LogP contribution in [0.4, 0.5) is 10.1 Å². The summed E-state index contributed by atoms with van der Waals surface area (Å²) in [5.74, 6) is -1.73. The van der Waals surface area contributed by atoms with E-state index >= 15 is 0 Å². The molecule has 1 unspecified atom stereocenters. The summed E-state index contributed by atoms with van der Waals surface area (Å²) in [6.45, 7) is 0. The molecule has 1 heterocycles. The zero-order valence-electron chi connectivity index (χ0n) is 7.33. The van der Waals surface area contributed by atoms with Crippen molar-refractivity contribution in [1.29, 1.82) is 0 Å². The summed E-state index contributed by atoms with van der Waals surface area (Å²) in [7, 11) is 1.35. The van der Waals surface area contributed by atoms with Gasteiger partial charge in [-0.25, -0.2) is 4.39 Å². The lowest BCUT2D eigenvalue weighted by molar-refractivity contribution is -0.0563. The van der Waals surface area contributed by atoms with Gasteiger partial charge < -0.3 is 4.74 Å². The van der Waals surface area contributed by atoms with Gasteiger partial charge in [-0.05, 0) is 11.6 Å². The molecule has 1 aromatic carbocycles. The topological polar surface area (TPSA) is 21.6 Å². The predicted molar refractivity (Wildman–Crippen MR) is 49.1 cm³/mol. The fourth-order valence-electron chi connectivity index (χ4n) is 1.38. The van der Waals surface area contributed by atoms with E-state index in [9.17, 15) is 4.39 Å².